The lowest BCUT2D eigenvalue weighted by atomic mass is 10.1. The Hall–Kier alpha value is -1.07. The molecule has 2 rings (SSSR count). The Balaban J connectivity index is 2.20. The van der Waals surface area contributed by atoms with Gasteiger partial charge in [-0.25, -0.2) is 4.98 Å². The number of hydrogen-bond acceptors (Lipinski definition) is 4. The molecule has 0 radical (unpaired) electrons. The van der Waals surface area contributed by atoms with Crippen LogP contribution >= 0.6 is 23.1 Å². The molecule has 0 unspecified atom stereocenters. The molecule has 2 aromatic rings. The third kappa shape index (κ3) is 2.79. The van der Waals surface area contributed by atoms with Crippen molar-refractivity contribution in [1.29, 1.82) is 0 Å². The zero-order valence-corrected chi connectivity index (χ0v) is 11.3. The van der Waals surface area contributed by atoms with Crippen LogP contribution in [0.3, 0.4) is 0 Å². The summed E-state index contributed by atoms with van der Waals surface area (Å²) in [4.78, 5) is 15.0. The molecule has 90 valence electrons. The molecule has 0 saturated heterocycles. The van der Waals surface area contributed by atoms with Crippen LogP contribution < -0.4 is 0 Å². The van der Waals surface area contributed by atoms with Crippen LogP contribution in [-0.4, -0.2) is 21.8 Å². The number of aromatic nitrogens is 1. The first-order chi connectivity index (χ1) is 8.08. The van der Waals surface area contributed by atoms with Crippen molar-refractivity contribution in [1.82, 2.24) is 4.98 Å². The van der Waals surface area contributed by atoms with Crippen LogP contribution in [0, 0.1) is 13.8 Å². The number of carboxylic acids is 1. The third-order valence-electron chi connectivity index (χ3n) is 2.61. The van der Waals surface area contributed by atoms with Gasteiger partial charge < -0.3 is 5.11 Å². The van der Waals surface area contributed by atoms with E-state index in [0.29, 0.717) is 5.75 Å². The summed E-state index contributed by atoms with van der Waals surface area (Å²) in [7, 11) is 0. The topological polar surface area (TPSA) is 50.2 Å². The van der Waals surface area contributed by atoms with E-state index in [1.807, 2.05) is 0 Å². The fourth-order valence-corrected chi connectivity index (χ4v) is 3.61. The zero-order chi connectivity index (χ0) is 12.4. The Morgan fingerprint density at radius 2 is 2.24 bits per heavy atom. The highest BCUT2D eigenvalue weighted by Crippen LogP contribution is 2.32. The predicted molar refractivity (Wildman–Crippen MR) is 72.1 cm³/mol. The number of thioether (sulfide) groups is 1. The van der Waals surface area contributed by atoms with Crippen LogP contribution in [0.5, 0.6) is 0 Å². The quantitative estimate of drug-likeness (QED) is 0.862. The lowest BCUT2D eigenvalue weighted by molar-refractivity contribution is -0.136. The minimum absolute atomic E-state index is 0.179. The van der Waals surface area contributed by atoms with Crippen LogP contribution in [0.4, 0.5) is 0 Å². The number of carbonyl (C=O) groups is 1. The predicted octanol–water partition coefficient (Wildman–Crippen LogP) is 3.48. The van der Waals surface area contributed by atoms with Crippen molar-refractivity contribution in [2.45, 2.75) is 24.6 Å². The van der Waals surface area contributed by atoms with E-state index < -0.39 is 5.97 Å². The summed E-state index contributed by atoms with van der Waals surface area (Å²) in [6.45, 7) is 4.15. The molecular formula is C12H13NO2S2. The first-order valence-electron chi connectivity index (χ1n) is 5.29. The highest BCUT2D eigenvalue weighted by molar-refractivity contribution is 8.01. The molecule has 1 aromatic carbocycles. The van der Waals surface area contributed by atoms with E-state index in [1.165, 1.54) is 27.6 Å². The van der Waals surface area contributed by atoms with Crippen LogP contribution in [0.15, 0.2) is 16.5 Å². The first kappa shape index (κ1) is 12.4. The standard InChI is InChI=1S/C12H13NO2S2/c1-7-3-4-9-11(8(7)2)13-12(17-9)16-6-5-10(14)15/h3-4H,5-6H2,1-2H3,(H,14,15). The Bertz CT molecular complexity index is 563. The average Bonchev–Trinajstić information content (AvgIpc) is 2.67. The Labute approximate surface area is 108 Å². The van der Waals surface area contributed by atoms with Gasteiger partial charge in [-0.1, -0.05) is 17.8 Å². The van der Waals surface area contributed by atoms with Gasteiger partial charge in [0.1, 0.15) is 0 Å². The van der Waals surface area contributed by atoms with Gasteiger partial charge in [-0.15, -0.1) is 11.3 Å². The number of aliphatic carboxylic acids is 1. The highest BCUT2D eigenvalue weighted by Gasteiger charge is 2.08. The Kier molecular flexibility index (Phi) is 3.69. The van der Waals surface area contributed by atoms with E-state index in [1.54, 1.807) is 11.3 Å². The largest absolute Gasteiger partial charge is 0.481 e. The molecule has 3 nitrogen and oxygen atoms in total. The highest BCUT2D eigenvalue weighted by atomic mass is 32.2. The molecule has 0 spiro atoms. The van der Waals surface area contributed by atoms with Crippen molar-refractivity contribution >= 4 is 39.3 Å². The SMILES string of the molecule is Cc1ccc2sc(SCCC(=O)O)nc2c1C. The summed E-state index contributed by atoms with van der Waals surface area (Å²) in [5, 5.41) is 8.58. The monoisotopic (exact) mass is 267 g/mol. The van der Waals surface area contributed by atoms with Crippen LogP contribution in [0.2, 0.25) is 0 Å². The molecule has 1 aromatic heterocycles. The number of nitrogens with zero attached hydrogens (tertiary/aromatic N) is 1. The average molecular weight is 267 g/mol. The van der Waals surface area contributed by atoms with Gasteiger partial charge in [-0.3, -0.25) is 4.79 Å². The number of hydrogen-bond donors (Lipinski definition) is 1. The van der Waals surface area contributed by atoms with Gasteiger partial charge in [0.15, 0.2) is 4.34 Å². The maximum Gasteiger partial charge on any atom is 0.304 e. The molecule has 0 amide bonds. The molecule has 0 aliphatic heterocycles. The van der Waals surface area contributed by atoms with Gasteiger partial charge >= 0.3 is 5.97 Å². The minimum atomic E-state index is -0.759. The van der Waals surface area contributed by atoms with Crippen LogP contribution in [0.1, 0.15) is 17.5 Å². The summed E-state index contributed by atoms with van der Waals surface area (Å²) in [5.74, 6) is -0.182. The molecule has 0 aliphatic carbocycles. The van der Waals surface area contributed by atoms with Crippen molar-refractivity contribution < 1.29 is 9.90 Å². The van der Waals surface area contributed by atoms with Crippen molar-refractivity contribution in [2.75, 3.05) is 5.75 Å². The molecule has 5 heteroatoms. The molecule has 0 fully saturated rings. The summed E-state index contributed by atoms with van der Waals surface area (Å²) < 4.78 is 2.13. The van der Waals surface area contributed by atoms with E-state index >= 15 is 0 Å². The second-order valence-electron chi connectivity index (χ2n) is 3.83. The second kappa shape index (κ2) is 5.06. The number of aryl methyl sites for hydroxylation is 2. The smallest absolute Gasteiger partial charge is 0.304 e. The lowest BCUT2D eigenvalue weighted by Crippen LogP contribution is -1.95. The molecule has 17 heavy (non-hydrogen) atoms. The van der Waals surface area contributed by atoms with Gasteiger partial charge in [0.05, 0.1) is 16.6 Å². The third-order valence-corrected chi connectivity index (χ3v) is 4.77. The number of carboxylic acid groups (broad SMARTS) is 1. The Morgan fingerprint density at radius 3 is 2.94 bits per heavy atom. The lowest BCUT2D eigenvalue weighted by Gasteiger charge is -1.98. The van der Waals surface area contributed by atoms with E-state index in [2.05, 4.69) is 31.0 Å². The summed E-state index contributed by atoms with van der Waals surface area (Å²) in [5.41, 5.74) is 3.50. The summed E-state index contributed by atoms with van der Waals surface area (Å²) in [6, 6.07) is 4.18. The zero-order valence-electron chi connectivity index (χ0n) is 9.69. The molecule has 0 atom stereocenters. The number of fused-ring (bicyclic) bond motifs is 1. The number of benzene rings is 1. The maximum absolute atomic E-state index is 10.4. The van der Waals surface area contributed by atoms with Gasteiger partial charge in [-0.2, -0.15) is 0 Å². The van der Waals surface area contributed by atoms with E-state index in [-0.39, 0.29) is 6.42 Å². The fourth-order valence-electron chi connectivity index (χ4n) is 1.49. The number of rotatable bonds is 4. The molecular weight excluding hydrogens is 254 g/mol. The molecule has 1 N–H and O–H groups in total. The molecule has 0 aliphatic rings. The fraction of sp³-hybridized carbons (Fsp3) is 0.333. The van der Waals surface area contributed by atoms with Gasteiger partial charge in [0, 0.05) is 5.75 Å². The molecule has 0 bridgehead atoms. The van der Waals surface area contributed by atoms with Crippen molar-refractivity contribution in [3.63, 3.8) is 0 Å². The normalized spacial score (nSPS) is 10.9. The second-order valence-corrected chi connectivity index (χ2v) is 6.20. The van der Waals surface area contributed by atoms with Crippen molar-refractivity contribution in [3.05, 3.63) is 23.3 Å². The van der Waals surface area contributed by atoms with Gasteiger partial charge in [0.25, 0.3) is 0 Å². The van der Waals surface area contributed by atoms with E-state index in [0.717, 1.165) is 9.86 Å². The Morgan fingerprint density at radius 1 is 1.47 bits per heavy atom. The molecule has 1 heterocycles. The van der Waals surface area contributed by atoms with Crippen molar-refractivity contribution in [2.24, 2.45) is 0 Å². The maximum atomic E-state index is 10.4. The van der Waals surface area contributed by atoms with Gasteiger partial charge in [0.2, 0.25) is 0 Å². The van der Waals surface area contributed by atoms with E-state index in [9.17, 15) is 4.79 Å². The van der Waals surface area contributed by atoms with Gasteiger partial charge in [-0.05, 0) is 31.0 Å². The van der Waals surface area contributed by atoms with Crippen LogP contribution in [0.25, 0.3) is 10.2 Å². The van der Waals surface area contributed by atoms with Crippen molar-refractivity contribution in [3.8, 4) is 0 Å². The van der Waals surface area contributed by atoms with Crippen LogP contribution in [-0.2, 0) is 4.79 Å². The molecule has 0 saturated carbocycles. The summed E-state index contributed by atoms with van der Waals surface area (Å²) in [6.07, 6.45) is 0.179. The summed E-state index contributed by atoms with van der Waals surface area (Å²) >= 11 is 3.15. The number of thiazole rings is 1. The van der Waals surface area contributed by atoms with E-state index in [4.69, 9.17) is 5.11 Å². The minimum Gasteiger partial charge on any atom is -0.481 e. The first-order valence-corrected chi connectivity index (χ1v) is 7.09.